The summed E-state index contributed by atoms with van der Waals surface area (Å²) in [6.45, 7) is 7.89. The van der Waals surface area contributed by atoms with Crippen LogP contribution in [0.3, 0.4) is 0 Å². The first-order chi connectivity index (χ1) is 9.71. The number of rotatable bonds is 10. The largest absolute Gasteiger partial charge is 0.314 e. The SMILES string of the molecule is CCCCC(CC)CC(Cc1ccccc1Br)NCC. The summed E-state index contributed by atoms with van der Waals surface area (Å²) in [6.07, 6.45) is 7.78. The fourth-order valence-electron chi connectivity index (χ4n) is 2.84. The Hall–Kier alpha value is -0.340. The predicted octanol–water partition coefficient (Wildman–Crippen LogP) is 5.58. The molecule has 0 aliphatic heterocycles. The van der Waals surface area contributed by atoms with Crippen molar-refractivity contribution in [3.05, 3.63) is 34.3 Å². The minimum Gasteiger partial charge on any atom is -0.314 e. The van der Waals surface area contributed by atoms with E-state index in [1.165, 1.54) is 42.1 Å². The molecule has 114 valence electrons. The minimum absolute atomic E-state index is 0.598. The lowest BCUT2D eigenvalue weighted by Gasteiger charge is -2.24. The van der Waals surface area contributed by atoms with Gasteiger partial charge in [-0.25, -0.2) is 0 Å². The maximum atomic E-state index is 3.68. The van der Waals surface area contributed by atoms with Crippen molar-refractivity contribution in [1.29, 1.82) is 0 Å². The third-order valence-electron chi connectivity index (χ3n) is 4.08. The van der Waals surface area contributed by atoms with Crippen LogP contribution >= 0.6 is 15.9 Å². The molecule has 0 saturated carbocycles. The van der Waals surface area contributed by atoms with Gasteiger partial charge in [-0.3, -0.25) is 0 Å². The van der Waals surface area contributed by atoms with E-state index in [1.807, 2.05) is 0 Å². The summed E-state index contributed by atoms with van der Waals surface area (Å²) in [6, 6.07) is 9.21. The zero-order valence-electron chi connectivity index (χ0n) is 13.3. The highest BCUT2D eigenvalue weighted by Crippen LogP contribution is 2.23. The highest BCUT2D eigenvalue weighted by atomic mass is 79.9. The molecule has 0 aromatic heterocycles. The van der Waals surface area contributed by atoms with Gasteiger partial charge in [-0.15, -0.1) is 0 Å². The number of unbranched alkanes of at least 4 members (excludes halogenated alkanes) is 1. The summed E-state index contributed by atoms with van der Waals surface area (Å²) in [5.74, 6) is 0.862. The first-order valence-electron chi connectivity index (χ1n) is 8.17. The Bertz CT molecular complexity index is 364. The van der Waals surface area contributed by atoms with Gasteiger partial charge in [0.05, 0.1) is 0 Å². The van der Waals surface area contributed by atoms with Crippen molar-refractivity contribution >= 4 is 15.9 Å². The van der Waals surface area contributed by atoms with E-state index in [4.69, 9.17) is 0 Å². The van der Waals surface area contributed by atoms with Crippen molar-refractivity contribution in [2.75, 3.05) is 6.54 Å². The molecule has 2 unspecified atom stereocenters. The van der Waals surface area contributed by atoms with Crippen LogP contribution in [0.1, 0.15) is 58.4 Å². The lowest BCUT2D eigenvalue weighted by molar-refractivity contribution is 0.350. The number of benzene rings is 1. The Balaban J connectivity index is 2.61. The molecule has 1 aromatic carbocycles. The van der Waals surface area contributed by atoms with Gasteiger partial charge in [0.1, 0.15) is 0 Å². The lowest BCUT2D eigenvalue weighted by Crippen LogP contribution is -2.33. The van der Waals surface area contributed by atoms with Crippen LogP contribution in [-0.4, -0.2) is 12.6 Å². The molecule has 0 fully saturated rings. The van der Waals surface area contributed by atoms with E-state index in [-0.39, 0.29) is 0 Å². The smallest absolute Gasteiger partial charge is 0.0207 e. The standard InChI is InChI=1S/C18H30BrN/c1-4-7-10-15(5-2)13-17(20-6-3)14-16-11-8-9-12-18(16)19/h8-9,11-12,15,17,20H,4-7,10,13-14H2,1-3H3. The summed E-state index contributed by atoms with van der Waals surface area (Å²) in [5.41, 5.74) is 1.42. The maximum absolute atomic E-state index is 3.68. The van der Waals surface area contributed by atoms with Gasteiger partial charge in [0.15, 0.2) is 0 Å². The van der Waals surface area contributed by atoms with E-state index in [2.05, 4.69) is 66.3 Å². The molecule has 2 atom stereocenters. The number of halogens is 1. The van der Waals surface area contributed by atoms with Crippen molar-refractivity contribution in [1.82, 2.24) is 5.32 Å². The Labute approximate surface area is 133 Å². The second-order valence-electron chi connectivity index (χ2n) is 5.70. The number of hydrogen-bond acceptors (Lipinski definition) is 1. The van der Waals surface area contributed by atoms with Crippen LogP contribution in [0.15, 0.2) is 28.7 Å². The van der Waals surface area contributed by atoms with Crippen LogP contribution in [0, 0.1) is 5.92 Å². The van der Waals surface area contributed by atoms with E-state index in [9.17, 15) is 0 Å². The predicted molar refractivity (Wildman–Crippen MR) is 93.2 cm³/mol. The van der Waals surface area contributed by atoms with Gasteiger partial charge >= 0.3 is 0 Å². The molecule has 0 amide bonds. The van der Waals surface area contributed by atoms with Crippen LogP contribution in [0.25, 0.3) is 0 Å². The average molecular weight is 340 g/mol. The van der Waals surface area contributed by atoms with Crippen LogP contribution < -0.4 is 5.32 Å². The van der Waals surface area contributed by atoms with Crippen molar-refractivity contribution < 1.29 is 0 Å². The Morgan fingerprint density at radius 2 is 1.90 bits per heavy atom. The fourth-order valence-corrected chi connectivity index (χ4v) is 3.29. The Morgan fingerprint density at radius 3 is 2.50 bits per heavy atom. The molecule has 20 heavy (non-hydrogen) atoms. The second kappa shape index (κ2) is 10.4. The van der Waals surface area contributed by atoms with Crippen molar-refractivity contribution in [3.63, 3.8) is 0 Å². The van der Waals surface area contributed by atoms with Crippen LogP contribution in [0.5, 0.6) is 0 Å². The normalized spacial score (nSPS) is 14.2. The van der Waals surface area contributed by atoms with Gasteiger partial charge in [-0.1, -0.05) is 80.6 Å². The third kappa shape index (κ3) is 6.41. The second-order valence-corrected chi connectivity index (χ2v) is 6.56. The van der Waals surface area contributed by atoms with Crippen molar-refractivity contribution in [3.8, 4) is 0 Å². The average Bonchev–Trinajstić information content (AvgIpc) is 2.46. The first-order valence-corrected chi connectivity index (χ1v) is 8.97. The summed E-state index contributed by atoms with van der Waals surface area (Å²) in [7, 11) is 0. The van der Waals surface area contributed by atoms with Gasteiger partial charge in [0, 0.05) is 10.5 Å². The molecule has 2 heteroatoms. The molecule has 0 heterocycles. The molecule has 0 bridgehead atoms. The number of hydrogen-bond donors (Lipinski definition) is 1. The first kappa shape index (κ1) is 17.7. The van der Waals surface area contributed by atoms with Gasteiger partial charge in [0.25, 0.3) is 0 Å². The van der Waals surface area contributed by atoms with E-state index < -0.39 is 0 Å². The summed E-state index contributed by atoms with van der Waals surface area (Å²) in [5, 5.41) is 3.68. The van der Waals surface area contributed by atoms with Gasteiger partial charge in [-0.2, -0.15) is 0 Å². The molecule has 0 saturated heterocycles. The lowest BCUT2D eigenvalue weighted by atomic mass is 9.89. The van der Waals surface area contributed by atoms with E-state index in [0.717, 1.165) is 18.9 Å². The summed E-state index contributed by atoms with van der Waals surface area (Å²) in [4.78, 5) is 0. The monoisotopic (exact) mass is 339 g/mol. The molecule has 1 nitrogen and oxygen atoms in total. The highest BCUT2D eigenvalue weighted by molar-refractivity contribution is 9.10. The topological polar surface area (TPSA) is 12.0 Å². The van der Waals surface area contributed by atoms with Crippen LogP contribution in [0.4, 0.5) is 0 Å². The Kier molecular flexibility index (Phi) is 9.21. The molecule has 1 rings (SSSR count). The van der Waals surface area contributed by atoms with Crippen LogP contribution in [-0.2, 0) is 6.42 Å². The molecular weight excluding hydrogens is 310 g/mol. The summed E-state index contributed by atoms with van der Waals surface area (Å²) >= 11 is 3.67. The molecule has 0 spiro atoms. The number of nitrogens with one attached hydrogen (secondary N) is 1. The van der Waals surface area contributed by atoms with E-state index in [0.29, 0.717) is 6.04 Å². The fraction of sp³-hybridized carbons (Fsp3) is 0.667. The molecule has 0 aliphatic rings. The maximum Gasteiger partial charge on any atom is 0.0207 e. The zero-order chi connectivity index (χ0) is 14.8. The molecular formula is C18H30BrN. The van der Waals surface area contributed by atoms with Crippen molar-refractivity contribution in [2.45, 2.75) is 65.3 Å². The zero-order valence-corrected chi connectivity index (χ0v) is 14.9. The molecule has 0 aliphatic carbocycles. The van der Waals surface area contributed by atoms with Gasteiger partial charge in [0.2, 0.25) is 0 Å². The summed E-state index contributed by atoms with van der Waals surface area (Å²) < 4.78 is 1.24. The van der Waals surface area contributed by atoms with Gasteiger partial charge < -0.3 is 5.32 Å². The van der Waals surface area contributed by atoms with E-state index in [1.54, 1.807) is 0 Å². The van der Waals surface area contributed by atoms with E-state index >= 15 is 0 Å². The number of likely N-dealkylation sites (N-methyl/N-ethyl adjacent to an activating group) is 1. The highest BCUT2D eigenvalue weighted by Gasteiger charge is 2.15. The Morgan fingerprint density at radius 1 is 1.15 bits per heavy atom. The van der Waals surface area contributed by atoms with Crippen LogP contribution in [0.2, 0.25) is 0 Å². The quantitative estimate of drug-likeness (QED) is 0.586. The third-order valence-corrected chi connectivity index (χ3v) is 4.85. The van der Waals surface area contributed by atoms with Gasteiger partial charge in [-0.05, 0) is 36.9 Å². The molecule has 1 N–H and O–H groups in total. The minimum atomic E-state index is 0.598. The molecule has 1 aromatic rings. The van der Waals surface area contributed by atoms with Crippen molar-refractivity contribution in [2.24, 2.45) is 5.92 Å². The molecule has 0 radical (unpaired) electrons.